The molecular formula is C17H23N5O. The fraction of sp³-hybridized carbons (Fsp3) is 0.471. The fourth-order valence-electron chi connectivity index (χ4n) is 2.92. The van der Waals surface area contributed by atoms with Crippen LogP contribution in [0, 0.1) is 0 Å². The van der Waals surface area contributed by atoms with E-state index in [-0.39, 0.29) is 0 Å². The monoisotopic (exact) mass is 313 g/mol. The van der Waals surface area contributed by atoms with Gasteiger partial charge >= 0.3 is 0 Å². The quantitative estimate of drug-likeness (QED) is 0.919. The zero-order valence-corrected chi connectivity index (χ0v) is 13.9. The Morgan fingerprint density at radius 2 is 2.22 bits per heavy atom. The number of H-pyrrole nitrogens is 1. The second-order valence-corrected chi connectivity index (χ2v) is 6.19. The Hall–Kier alpha value is -2.21. The van der Waals surface area contributed by atoms with E-state index in [0.29, 0.717) is 11.7 Å². The summed E-state index contributed by atoms with van der Waals surface area (Å²) in [7, 11) is 1.73. The number of tetrazole rings is 1. The first-order chi connectivity index (χ1) is 11.2. The molecule has 0 saturated heterocycles. The van der Waals surface area contributed by atoms with Gasteiger partial charge in [0, 0.05) is 30.8 Å². The minimum atomic E-state index is 0.510. The highest BCUT2D eigenvalue weighted by Crippen LogP contribution is 2.27. The first-order valence-corrected chi connectivity index (χ1v) is 7.99. The van der Waals surface area contributed by atoms with Gasteiger partial charge in [-0.15, -0.1) is 10.2 Å². The van der Waals surface area contributed by atoms with E-state index in [1.807, 2.05) is 0 Å². The SMILES string of the molecule is COc1ccc(C(C)C)cc1CN1CCC=C(c2nn[nH]n2)C1. The van der Waals surface area contributed by atoms with Crippen LogP contribution >= 0.6 is 0 Å². The van der Waals surface area contributed by atoms with E-state index in [2.05, 4.69) is 63.6 Å². The molecule has 0 aliphatic carbocycles. The van der Waals surface area contributed by atoms with Crippen LogP contribution < -0.4 is 4.74 Å². The summed E-state index contributed by atoms with van der Waals surface area (Å²) < 4.78 is 5.54. The van der Waals surface area contributed by atoms with Crippen molar-refractivity contribution in [1.29, 1.82) is 0 Å². The van der Waals surface area contributed by atoms with Crippen molar-refractivity contribution in [1.82, 2.24) is 25.5 Å². The molecule has 0 amide bonds. The van der Waals surface area contributed by atoms with Crippen molar-refractivity contribution in [2.45, 2.75) is 32.7 Å². The lowest BCUT2D eigenvalue weighted by molar-refractivity contribution is 0.289. The minimum Gasteiger partial charge on any atom is -0.496 e. The van der Waals surface area contributed by atoms with Crippen LogP contribution in [0.1, 0.15) is 43.1 Å². The summed E-state index contributed by atoms with van der Waals surface area (Å²) in [5.41, 5.74) is 3.70. The summed E-state index contributed by atoms with van der Waals surface area (Å²) in [5, 5.41) is 14.3. The average molecular weight is 313 g/mol. The summed E-state index contributed by atoms with van der Waals surface area (Å²) in [5.74, 6) is 2.15. The fourth-order valence-corrected chi connectivity index (χ4v) is 2.92. The molecule has 23 heavy (non-hydrogen) atoms. The molecule has 3 rings (SSSR count). The van der Waals surface area contributed by atoms with Crippen LogP contribution in [0.25, 0.3) is 5.57 Å². The number of ether oxygens (including phenoxy) is 1. The van der Waals surface area contributed by atoms with E-state index in [4.69, 9.17) is 4.74 Å². The van der Waals surface area contributed by atoms with Gasteiger partial charge in [-0.25, -0.2) is 0 Å². The molecule has 0 atom stereocenters. The van der Waals surface area contributed by atoms with Crippen molar-refractivity contribution in [3.8, 4) is 5.75 Å². The standard InChI is InChI=1S/C17H23N5O/c1-12(2)13-6-7-16(23-3)15(9-13)11-22-8-4-5-14(10-22)17-18-20-21-19-17/h5-7,9,12H,4,8,10-11H2,1-3H3,(H,18,19,20,21). The summed E-state index contributed by atoms with van der Waals surface area (Å²) >= 11 is 0. The van der Waals surface area contributed by atoms with Crippen molar-refractivity contribution >= 4 is 5.57 Å². The molecule has 0 spiro atoms. The Bertz CT molecular complexity index is 678. The highest BCUT2D eigenvalue weighted by atomic mass is 16.5. The van der Waals surface area contributed by atoms with E-state index < -0.39 is 0 Å². The third-order valence-corrected chi connectivity index (χ3v) is 4.23. The van der Waals surface area contributed by atoms with Gasteiger partial charge in [0.1, 0.15) is 5.75 Å². The molecular weight excluding hydrogens is 290 g/mol. The normalized spacial score (nSPS) is 15.7. The third-order valence-electron chi connectivity index (χ3n) is 4.23. The Balaban J connectivity index is 1.77. The van der Waals surface area contributed by atoms with Crippen LogP contribution in [0.5, 0.6) is 5.75 Å². The molecule has 122 valence electrons. The summed E-state index contributed by atoms with van der Waals surface area (Å²) in [6, 6.07) is 6.48. The zero-order valence-electron chi connectivity index (χ0n) is 13.9. The Morgan fingerprint density at radius 1 is 1.35 bits per heavy atom. The highest BCUT2D eigenvalue weighted by Gasteiger charge is 2.18. The van der Waals surface area contributed by atoms with Gasteiger partial charge in [-0.1, -0.05) is 32.1 Å². The molecule has 0 radical (unpaired) electrons. The number of hydrogen-bond acceptors (Lipinski definition) is 5. The van der Waals surface area contributed by atoms with Crippen molar-refractivity contribution in [2.75, 3.05) is 20.2 Å². The maximum absolute atomic E-state index is 5.54. The number of aromatic amines is 1. The van der Waals surface area contributed by atoms with Crippen LogP contribution in [0.2, 0.25) is 0 Å². The summed E-state index contributed by atoms with van der Waals surface area (Å²) in [4.78, 5) is 2.40. The Labute approximate surface area is 136 Å². The smallest absolute Gasteiger partial charge is 0.201 e. The number of aromatic nitrogens is 4. The minimum absolute atomic E-state index is 0.510. The molecule has 1 aliphatic rings. The second kappa shape index (κ2) is 6.91. The Morgan fingerprint density at radius 3 is 2.91 bits per heavy atom. The predicted octanol–water partition coefficient (Wildman–Crippen LogP) is 2.62. The third kappa shape index (κ3) is 3.59. The van der Waals surface area contributed by atoms with E-state index in [1.54, 1.807) is 7.11 Å². The van der Waals surface area contributed by atoms with E-state index >= 15 is 0 Å². The lowest BCUT2D eigenvalue weighted by Gasteiger charge is -2.27. The second-order valence-electron chi connectivity index (χ2n) is 6.19. The van der Waals surface area contributed by atoms with Crippen LogP contribution in [-0.2, 0) is 6.54 Å². The van der Waals surface area contributed by atoms with Gasteiger partial charge in [0.2, 0.25) is 5.82 Å². The lowest BCUT2D eigenvalue weighted by atomic mass is 9.99. The molecule has 1 N–H and O–H groups in total. The predicted molar refractivity (Wildman–Crippen MR) is 89.1 cm³/mol. The lowest BCUT2D eigenvalue weighted by Crippen LogP contribution is -2.29. The summed E-state index contributed by atoms with van der Waals surface area (Å²) in [6.45, 7) is 7.14. The number of benzene rings is 1. The van der Waals surface area contributed by atoms with E-state index in [0.717, 1.165) is 37.4 Å². The summed E-state index contributed by atoms with van der Waals surface area (Å²) in [6.07, 6.45) is 3.19. The molecule has 6 nitrogen and oxygen atoms in total. The molecule has 0 saturated carbocycles. The number of methoxy groups -OCH3 is 1. The van der Waals surface area contributed by atoms with Crippen LogP contribution in [0.3, 0.4) is 0 Å². The number of nitrogens with one attached hydrogen (secondary N) is 1. The molecule has 0 bridgehead atoms. The first-order valence-electron chi connectivity index (χ1n) is 7.99. The van der Waals surface area contributed by atoms with Gasteiger partial charge in [0.25, 0.3) is 0 Å². The van der Waals surface area contributed by atoms with E-state index in [1.165, 1.54) is 11.1 Å². The molecule has 2 heterocycles. The van der Waals surface area contributed by atoms with E-state index in [9.17, 15) is 0 Å². The highest BCUT2D eigenvalue weighted by molar-refractivity contribution is 5.61. The molecule has 1 aliphatic heterocycles. The topological polar surface area (TPSA) is 66.9 Å². The van der Waals surface area contributed by atoms with Crippen LogP contribution in [0.15, 0.2) is 24.3 Å². The molecule has 0 fully saturated rings. The van der Waals surface area contributed by atoms with Crippen molar-refractivity contribution in [2.24, 2.45) is 0 Å². The van der Waals surface area contributed by atoms with Gasteiger partial charge in [0.15, 0.2) is 0 Å². The molecule has 6 heteroatoms. The van der Waals surface area contributed by atoms with Crippen molar-refractivity contribution in [3.63, 3.8) is 0 Å². The van der Waals surface area contributed by atoms with Crippen molar-refractivity contribution < 1.29 is 4.74 Å². The van der Waals surface area contributed by atoms with Crippen LogP contribution in [0.4, 0.5) is 0 Å². The molecule has 0 unspecified atom stereocenters. The maximum atomic E-state index is 5.54. The number of nitrogens with zero attached hydrogens (tertiary/aromatic N) is 4. The molecule has 1 aromatic carbocycles. The van der Waals surface area contributed by atoms with Crippen LogP contribution in [-0.4, -0.2) is 45.7 Å². The zero-order chi connectivity index (χ0) is 16.2. The van der Waals surface area contributed by atoms with Gasteiger partial charge < -0.3 is 4.74 Å². The molecule has 2 aromatic rings. The molecule has 1 aromatic heterocycles. The number of rotatable bonds is 5. The van der Waals surface area contributed by atoms with Gasteiger partial charge in [-0.05, 0) is 29.2 Å². The first kappa shape index (κ1) is 15.7. The largest absolute Gasteiger partial charge is 0.496 e. The van der Waals surface area contributed by atoms with Gasteiger partial charge in [-0.2, -0.15) is 5.21 Å². The van der Waals surface area contributed by atoms with Crippen molar-refractivity contribution in [3.05, 3.63) is 41.2 Å². The maximum Gasteiger partial charge on any atom is 0.201 e. The Kier molecular flexibility index (Phi) is 4.71. The van der Waals surface area contributed by atoms with Gasteiger partial charge in [0.05, 0.1) is 7.11 Å². The van der Waals surface area contributed by atoms with Gasteiger partial charge in [-0.3, -0.25) is 4.90 Å². The number of hydrogen-bond donors (Lipinski definition) is 1. The average Bonchev–Trinajstić information content (AvgIpc) is 3.09.